The number of benzene rings is 1. The molecule has 0 radical (unpaired) electrons. The van der Waals surface area contributed by atoms with Gasteiger partial charge in [0, 0.05) is 43.7 Å². The second kappa shape index (κ2) is 5.05. The Bertz CT molecular complexity index is 488. The number of piperazine rings is 1. The van der Waals surface area contributed by atoms with Gasteiger partial charge in [0.1, 0.15) is 11.4 Å². The van der Waals surface area contributed by atoms with Crippen molar-refractivity contribution >= 4 is 0 Å². The Hall–Kier alpha value is -1.06. The minimum Gasteiger partial charge on any atom is -0.487 e. The molecule has 3 heteroatoms. The molecule has 3 nitrogen and oxygen atoms in total. The molecule has 3 rings (SSSR count). The first-order chi connectivity index (χ1) is 9.43. The number of para-hydroxylation sites is 1. The zero-order chi connectivity index (χ0) is 14.3. The summed E-state index contributed by atoms with van der Waals surface area (Å²) in [6.07, 6.45) is 1.02. The van der Waals surface area contributed by atoms with E-state index in [1.165, 1.54) is 11.1 Å². The lowest BCUT2D eigenvalue weighted by atomic mass is 10.00. The van der Waals surface area contributed by atoms with Crippen LogP contribution < -0.4 is 10.1 Å². The molecular weight excluding hydrogens is 248 g/mol. The van der Waals surface area contributed by atoms with E-state index in [2.05, 4.69) is 56.1 Å². The van der Waals surface area contributed by atoms with Gasteiger partial charge in [-0.05, 0) is 33.3 Å². The summed E-state index contributed by atoms with van der Waals surface area (Å²) in [5.74, 6) is 1.14. The molecule has 2 unspecified atom stereocenters. The van der Waals surface area contributed by atoms with Crippen LogP contribution in [0.4, 0.5) is 0 Å². The van der Waals surface area contributed by atoms with E-state index in [4.69, 9.17) is 4.74 Å². The van der Waals surface area contributed by atoms with Gasteiger partial charge < -0.3 is 10.1 Å². The predicted octanol–water partition coefficient (Wildman–Crippen LogP) is 2.58. The van der Waals surface area contributed by atoms with Gasteiger partial charge >= 0.3 is 0 Å². The van der Waals surface area contributed by atoms with Gasteiger partial charge in [-0.1, -0.05) is 18.2 Å². The first-order valence-corrected chi connectivity index (χ1v) is 7.71. The molecule has 110 valence electrons. The monoisotopic (exact) mass is 274 g/mol. The second-order valence-corrected chi connectivity index (χ2v) is 7.11. The Morgan fingerprint density at radius 3 is 2.65 bits per heavy atom. The summed E-state index contributed by atoms with van der Waals surface area (Å²) >= 11 is 0. The second-order valence-electron chi connectivity index (χ2n) is 7.11. The number of nitrogens with one attached hydrogen (secondary N) is 1. The van der Waals surface area contributed by atoms with Crippen LogP contribution in [0.2, 0.25) is 0 Å². The molecule has 0 amide bonds. The van der Waals surface area contributed by atoms with Crippen LogP contribution in [0.5, 0.6) is 5.75 Å². The molecule has 0 saturated carbocycles. The Morgan fingerprint density at radius 1 is 1.25 bits per heavy atom. The van der Waals surface area contributed by atoms with Gasteiger partial charge in [-0.3, -0.25) is 4.90 Å². The minimum atomic E-state index is -0.0531. The average Bonchev–Trinajstić information content (AvgIpc) is 2.63. The summed E-state index contributed by atoms with van der Waals surface area (Å²) in [4.78, 5) is 2.54. The third-order valence-electron chi connectivity index (χ3n) is 4.20. The van der Waals surface area contributed by atoms with Crippen molar-refractivity contribution in [1.29, 1.82) is 0 Å². The number of hydrogen-bond donors (Lipinski definition) is 1. The first-order valence-electron chi connectivity index (χ1n) is 7.71. The maximum absolute atomic E-state index is 6.18. The Labute approximate surface area is 122 Å². The number of nitrogens with zero attached hydrogens (tertiary/aromatic N) is 1. The number of fused-ring (bicyclic) bond motifs is 1. The average molecular weight is 274 g/mol. The maximum atomic E-state index is 6.18. The number of rotatable bonds is 2. The summed E-state index contributed by atoms with van der Waals surface area (Å²) < 4.78 is 6.18. The van der Waals surface area contributed by atoms with Crippen LogP contribution in [0.25, 0.3) is 0 Å². The summed E-state index contributed by atoms with van der Waals surface area (Å²) in [6.45, 7) is 12.1. The van der Waals surface area contributed by atoms with Gasteiger partial charge in [0.15, 0.2) is 0 Å². The third-order valence-corrected chi connectivity index (χ3v) is 4.20. The minimum absolute atomic E-state index is 0.0531. The molecular formula is C17H26N2O. The van der Waals surface area contributed by atoms with Gasteiger partial charge in [-0.15, -0.1) is 0 Å². The van der Waals surface area contributed by atoms with Gasteiger partial charge in [0.2, 0.25) is 0 Å². The van der Waals surface area contributed by atoms with Crippen molar-refractivity contribution in [2.24, 2.45) is 0 Å². The fourth-order valence-electron chi connectivity index (χ4n) is 3.61. The van der Waals surface area contributed by atoms with Crippen LogP contribution in [0, 0.1) is 0 Å². The van der Waals surface area contributed by atoms with E-state index in [0.717, 1.165) is 31.8 Å². The van der Waals surface area contributed by atoms with Crippen LogP contribution in [-0.4, -0.2) is 35.7 Å². The normalized spacial score (nSPS) is 29.0. The van der Waals surface area contributed by atoms with Crippen molar-refractivity contribution in [1.82, 2.24) is 10.2 Å². The Kier molecular flexibility index (Phi) is 3.51. The largest absolute Gasteiger partial charge is 0.487 e. The highest BCUT2D eigenvalue weighted by Gasteiger charge is 2.32. The fourth-order valence-corrected chi connectivity index (χ4v) is 3.61. The van der Waals surface area contributed by atoms with Crippen molar-refractivity contribution in [3.05, 3.63) is 29.3 Å². The number of ether oxygens (including phenoxy) is 1. The lowest BCUT2D eigenvalue weighted by Crippen LogP contribution is -2.53. The molecule has 20 heavy (non-hydrogen) atoms. The fraction of sp³-hybridized carbons (Fsp3) is 0.647. The molecule has 0 spiro atoms. The molecule has 2 atom stereocenters. The predicted molar refractivity (Wildman–Crippen MR) is 82.2 cm³/mol. The summed E-state index contributed by atoms with van der Waals surface area (Å²) in [7, 11) is 0. The molecule has 1 aromatic carbocycles. The van der Waals surface area contributed by atoms with E-state index in [1.54, 1.807) is 0 Å². The van der Waals surface area contributed by atoms with Crippen molar-refractivity contribution < 1.29 is 4.74 Å². The van der Waals surface area contributed by atoms with Crippen LogP contribution in [0.3, 0.4) is 0 Å². The molecule has 1 N–H and O–H groups in total. The molecule has 2 aliphatic rings. The smallest absolute Gasteiger partial charge is 0.127 e. The van der Waals surface area contributed by atoms with E-state index in [9.17, 15) is 0 Å². The Morgan fingerprint density at radius 2 is 1.95 bits per heavy atom. The zero-order valence-electron chi connectivity index (χ0n) is 13.1. The van der Waals surface area contributed by atoms with Crippen LogP contribution in [-0.2, 0) is 13.0 Å². The lowest BCUT2D eigenvalue weighted by molar-refractivity contribution is 0.131. The SMILES string of the molecule is CC1CN(Cc2cccc3c2OC(C)(C)C3)CC(C)N1. The molecule has 1 saturated heterocycles. The van der Waals surface area contributed by atoms with Crippen LogP contribution >= 0.6 is 0 Å². The molecule has 2 heterocycles. The highest BCUT2D eigenvalue weighted by Crippen LogP contribution is 2.38. The number of hydrogen-bond acceptors (Lipinski definition) is 3. The van der Waals surface area contributed by atoms with Gasteiger partial charge in [0.25, 0.3) is 0 Å². The lowest BCUT2D eigenvalue weighted by Gasteiger charge is -2.36. The van der Waals surface area contributed by atoms with Gasteiger partial charge in [-0.25, -0.2) is 0 Å². The first kappa shape index (κ1) is 13.9. The molecule has 2 aliphatic heterocycles. The standard InChI is InChI=1S/C17H26N2O/c1-12-9-19(10-13(2)18-12)11-15-7-5-6-14-8-17(3,4)20-16(14)15/h5-7,12-13,18H,8-11H2,1-4H3. The van der Waals surface area contributed by atoms with E-state index >= 15 is 0 Å². The Balaban J connectivity index is 1.78. The van der Waals surface area contributed by atoms with E-state index in [1.807, 2.05) is 0 Å². The zero-order valence-corrected chi connectivity index (χ0v) is 13.1. The van der Waals surface area contributed by atoms with E-state index in [-0.39, 0.29) is 5.60 Å². The molecule has 1 fully saturated rings. The summed E-state index contributed by atoms with van der Waals surface area (Å²) in [5.41, 5.74) is 2.65. The van der Waals surface area contributed by atoms with Crippen LogP contribution in [0.1, 0.15) is 38.8 Å². The molecule has 1 aromatic rings. The molecule has 0 aliphatic carbocycles. The maximum Gasteiger partial charge on any atom is 0.127 e. The highest BCUT2D eigenvalue weighted by molar-refractivity contribution is 5.45. The van der Waals surface area contributed by atoms with Crippen molar-refractivity contribution in [3.8, 4) is 5.75 Å². The molecule has 0 bridgehead atoms. The quantitative estimate of drug-likeness (QED) is 0.897. The van der Waals surface area contributed by atoms with Crippen molar-refractivity contribution in [2.45, 2.75) is 58.3 Å². The van der Waals surface area contributed by atoms with Crippen molar-refractivity contribution in [3.63, 3.8) is 0 Å². The highest BCUT2D eigenvalue weighted by atomic mass is 16.5. The third kappa shape index (κ3) is 2.84. The van der Waals surface area contributed by atoms with E-state index in [0.29, 0.717) is 12.1 Å². The van der Waals surface area contributed by atoms with Crippen molar-refractivity contribution in [2.75, 3.05) is 13.1 Å². The topological polar surface area (TPSA) is 24.5 Å². The van der Waals surface area contributed by atoms with Gasteiger partial charge in [0.05, 0.1) is 0 Å². The summed E-state index contributed by atoms with van der Waals surface area (Å²) in [5, 5.41) is 3.59. The van der Waals surface area contributed by atoms with E-state index < -0.39 is 0 Å². The van der Waals surface area contributed by atoms with Gasteiger partial charge in [-0.2, -0.15) is 0 Å². The van der Waals surface area contributed by atoms with Crippen LogP contribution in [0.15, 0.2) is 18.2 Å². The summed E-state index contributed by atoms with van der Waals surface area (Å²) in [6, 6.07) is 7.73. The molecule has 0 aromatic heterocycles.